The number of para-hydroxylation sites is 1. The van der Waals surface area contributed by atoms with Crippen LogP contribution >= 0.6 is 0 Å². The molecule has 0 aromatic heterocycles. The van der Waals surface area contributed by atoms with Crippen LogP contribution in [0.4, 0.5) is 13.2 Å². The number of cyclic esters (lactones) is 1. The Labute approximate surface area is 150 Å². The Hall–Kier alpha value is -3.49. The Kier molecular flexibility index (Phi) is 3.98. The van der Waals surface area contributed by atoms with Crippen molar-refractivity contribution < 1.29 is 36.9 Å². The van der Waals surface area contributed by atoms with Crippen molar-refractivity contribution in [1.82, 2.24) is 0 Å². The van der Waals surface area contributed by atoms with E-state index in [9.17, 15) is 18.0 Å². The van der Waals surface area contributed by atoms with Gasteiger partial charge in [-0.25, -0.2) is 9.79 Å². The molecule has 2 heterocycles. The van der Waals surface area contributed by atoms with Crippen LogP contribution in [0.15, 0.2) is 53.2 Å². The summed E-state index contributed by atoms with van der Waals surface area (Å²) in [6.07, 6.45) is -3.69. The summed E-state index contributed by atoms with van der Waals surface area (Å²) < 4.78 is 57.1. The van der Waals surface area contributed by atoms with E-state index in [2.05, 4.69) is 9.73 Å². The van der Waals surface area contributed by atoms with Gasteiger partial charge in [-0.15, -0.1) is 13.2 Å². The summed E-state index contributed by atoms with van der Waals surface area (Å²) >= 11 is 0. The molecule has 0 atom stereocenters. The number of hydrogen-bond donors (Lipinski definition) is 0. The number of aliphatic imine (C=N–C) groups is 1. The van der Waals surface area contributed by atoms with Crippen LogP contribution in [-0.2, 0) is 9.53 Å². The number of halogens is 3. The molecule has 0 saturated carbocycles. The lowest BCUT2D eigenvalue weighted by Gasteiger charge is -2.10. The molecule has 2 aromatic carbocycles. The quantitative estimate of drug-likeness (QED) is 0.603. The number of rotatable bonds is 3. The van der Waals surface area contributed by atoms with E-state index in [-0.39, 0.29) is 24.0 Å². The minimum atomic E-state index is -4.86. The van der Waals surface area contributed by atoms with Crippen molar-refractivity contribution in [1.29, 1.82) is 0 Å². The first-order chi connectivity index (χ1) is 12.9. The van der Waals surface area contributed by atoms with Crippen molar-refractivity contribution in [3.05, 3.63) is 59.3 Å². The van der Waals surface area contributed by atoms with Gasteiger partial charge in [-0.3, -0.25) is 0 Å². The third kappa shape index (κ3) is 3.57. The van der Waals surface area contributed by atoms with Gasteiger partial charge in [0.1, 0.15) is 5.75 Å². The van der Waals surface area contributed by atoms with Crippen LogP contribution in [0, 0.1) is 0 Å². The van der Waals surface area contributed by atoms with Crippen LogP contribution in [0.3, 0.4) is 0 Å². The van der Waals surface area contributed by atoms with E-state index in [1.807, 2.05) is 0 Å². The average molecular weight is 377 g/mol. The molecule has 2 aromatic rings. The van der Waals surface area contributed by atoms with E-state index >= 15 is 0 Å². The Morgan fingerprint density at radius 3 is 2.67 bits per heavy atom. The van der Waals surface area contributed by atoms with Gasteiger partial charge in [-0.05, 0) is 30.3 Å². The molecule has 0 spiro atoms. The highest BCUT2D eigenvalue weighted by molar-refractivity contribution is 6.13. The summed E-state index contributed by atoms with van der Waals surface area (Å²) in [4.78, 5) is 16.1. The van der Waals surface area contributed by atoms with Gasteiger partial charge in [0, 0.05) is 11.1 Å². The Morgan fingerprint density at radius 1 is 1.07 bits per heavy atom. The normalized spacial score (nSPS) is 17.1. The molecule has 4 rings (SSSR count). The topological polar surface area (TPSA) is 66.4 Å². The molecule has 0 aliphatic carbocycles. The predicted molar refractivity (Wildman–Crippen MR) is 86.3 cm³/mol. The molecular weight excluding hydrogens is 367 g/mol. The van der Waals surface area contributed by atoms with Crippen molar-refractivity contribution in [2.45, 2.75) is 6.36 Å². The fourth-order valence-corrected chi connectivity index (χ4v) is 2.53. The fourth-order valence-electron chi connectivity index (χ4n) is 2.53. The van der Waals surface area contributed by atoms with E-state index in [1.165, 1.54) is 24.3 Å². The lowest BCUT2D eigenvalue weighted by molar-refractivity contribution is -0.274. The number of carbonyl (C=O) groups excluding carboxylic acids is 1. The molecule has 0 unspecified atom stereocenters. The lowest BCUT2D eigenvalue weighted by atomic mass is 10.1. The highest BCUT2D eigenvalue weighted by Gasteiger charge is 2.32. The molecule has 0 saturated heterocycles. The highest BCUT2D eigenvalue weighted by atomic mass is 19.4. The van der Waals surface area contributed by atoms with E-state index in [4.69, 9.17) is 14.2 Å². The number of alkyl halides is 3. The molecule has 0 N–H and O–H groups in total. The molecule has 6 nitrogen and oxygen atoms in total. The Morgan fingerprint density at radius 2 is 1.85 bits per heavy atom. The first kappa shape index (κ1) is 17.0. The lowest BCUT2D eigenvalue weighted by Crippen LogP contribution is -2.17. The minimum Gasteiger partial charge on any atom is -0.454 e. The maximum Gasteiger partial charge on any atom is 0.573 e. The zero-order valence-corrected chi connectivity index (χ0v) is 13.4. The number of esters is 1. The first-order valence-electron chi connectivity index (χ1n) is 7.66. The number of ether oxygens (including phenoxy) is 4. The SMILES string of the molecule is O=C1OC(c2ccc3c(c2)OCO3)=N/C1=C\c1ccccc1OC(F)(F)F. The summed E-state index contributed by atoms with van der Waals surface area (Å²) in [7, 11) is 0. The molecule has 27 heavy (non-hydrogen) atoms. The standard InChI is InChI=1S/C18H10F3NO5/c19-18(20,21)27-13-4-2-1-3-10(13)7-12-17(23)26-16(22-12)11-5-6-14-15(8-11)25-9-24-14/h1-8H,9H2/b12-7-. The summed E-state index contributed by atoms with van der Waals surface area (Å²) in [5, 5.41) is 0. The predicted octanol–water partition coefficient (Wildman–Crippen LogP) is 3.66. The molecule has 0 bridgehead atoms. The maximum absolute atomic E-state index is 12.5. The average Bonchev–Trinajstić information content (AvgIpc) is 3.21. The second-order valence-electron chi connectivity index (χ2n) is 5.49. The maximum atomic E-state index is 12.5. The molecule has 2 aliphatic rings. The largest absolute Gasteiger partial charge is 0.573 e. The van der Waals surface area contributed by atoms with Crippen molar-refractivity contribution in [2.75, 3.05) is 6.79 Å². The van der Waals surface area contributed by atoms with Gasteiger partial charge in [0.25, 0.3) is 0 Å². The Balaban J connectivity index is 1.66. The van der Waals surface area contributed by atoms with E-state index in [0.717, 1.165) is 6.07 Å². The van der Waals surface area contributed by atoms with E-state index in [0.29, 0.717) is 17.1 Å². The van der Waals surface area contributed by atoms with E-state index < -0.39 is 18.1 Å². The van der Waals surface area contributed by atoms with E-state index in [1.54, 1.807) is 18.2 Å². The minimum absolute atomic E-state index is 0.0128. The van der Waals surface area contributed by atoms with Crippen LogP contribution in [0.5, 0.6) is 17.2 Å². The summed E-state index contributed by atoms with van der Waals surface area (Å²) in [5.41, 5.74) is 0.356. The third-order valence-corrected chi connectivity index (χ3v) is 3.68. The number of hydrogen-bond acceptors (Lipinski definition) is 6. The van der Waals surface area contributed by atoms with Gasteiger partial charge < -0.3 is 18.9 Å². The highest BCUT2D eigenvalue weighted by Crippen LogP contribution is 2.34. The molecule has 2 aliphatic heterocycles. The molecule has 0 amide bonds. The Bertz CT molecular complexity index is 981. The van der Waals surface area contributed by atoms with Crippen molar-refractivity contribution >= 4 is 17.9 Å². The van der Waals surface area contributed by atoms with Gasteiger partial charge in [0.05, 0.1) is 0 Å². The number of nitrogens with zero attached hydrogens (tertiary/aromatic N) is 1. The fraction of sp³-hybridized carbons (Fsp3) is 0.111. The van der Waals surface area contributed by atoms with Crippen LogP contribution in [0.1, 0.15) is 11.1 Å². The zero-order chi connectivity index (χ0) is 19.0. The molecule has 138 valence electrons. The van der Waals surface area contributed by atoms with Gasteiger partial charge in [0.15, 0.2) is 17.2 Å². The summed E-state index contributed by atoms with van der Waals surface area (Å²) in [6, 6.07) is 10.3. The molecule has 0 radical (unpaired) electrons. The van der Waals surface area contributed by atoms with Gasteiger partial charge >= 0.3 is 12.3 Å². The second kappa shape index (κ2) is 6.35. The smallest absolute Gasteiger partial charge is 0.454 e. The molecule has 9 heteroatoms. The number of fused-ring (bicyclic) bond motifs is 1. The molecule has 0 fully saturated rings. The summed E-state index contributed by atoms with van der Waals surface area (Å²) in [5.74, 6) is -0.189. The van der Waals surface area contributed by atoms with Crippen molar-refractivity contribution in [2.24, 2.45) is 4.99 Å². The van der Waals surface area contributed by atoms with Crippen molar-refractivity contribution in [3.8, 4) is 17.2 Å². The number of carbonyl (C=O) groups is 1. The van der Waals surface area contributed by atoms with Crippen LogP contribution in [0.25, 0.3) is 6.08 Å². The second-order valence-corrected chi connectivity index (χ2v) is 5.49. The monoisotopic (exact) mass is 377 g/mol. The van der Waals surface area contributed by atoms with Gasteiger partial charge in [-0.1, -0.05) is 18.2 Å². The number of benzene rings is 2. The van der Waals surface area contributed by atoms with Gasteiger partial charge in [0.2, 0.25) is 12.7 Å². The van der Waals surface area contributed by atoms with Crippen LogP contribution in [-0.4, -0.2) is 25.0 Å². The van der Waals surface area contributed by atoms with Gasteiger partial charge in [-0.2, -0.15) is 0 Å². The van der Waals surface area contributed by atoms with Crippen LogP contribution < -0.4 is 14.2 Å². The first-order valence-corrected chi connectivity index (χ1v) is 7.66. The van der Waals surface area contributed by atoms with Crippen LogP contribution in [0.2, 0.25) is 0 Å². The summed E-state index contributed by atoms with van der Waals surface area (Å²) in [6.45, 7) is 0.0895. The third-order valence-electron chi connectivity index (χ3n) is 3.68. The zero-order valence-electron chi connectivity index (χ0n) is 13.4. The molecular formula is C18H10F3NO5. The van der Waals surface area contributed by atoms with Crippen molar-refractivity contribution in [3.63, 3.8) is 0 Å².